The molecule has 0 aliphatic carbocycles. The van der Waals surface area contributed by atoms with E-state index in [1.807, 2.05) is 6.07 Å². The summed E-state index contributed by atoms with van der Waals surface area (Å²) in [6, 6.07) is 17.9. The van der Waals surface area contributed by atoms with Crippen molar-refractivity contribution in [3.63, 3.8) is 0 Å². The smallest absolute Gasteiger partial charge is 0.416 e. The van der Waals surface area contributed by atoms with Crippen LogP contribution in [0.1, 0.15) is 39.8 Å². The molecule has 0 fully saturated rings. The highest BCUT2D eigenvalue weighted by atomic mass is 16.6. The first-order valence-electron chi connectivity index (χ1n) is 19.0. The molecule has 5 rings (SSSR count). The lowest BCUT2D eigenvalue weighted by Gasteiger charge is -2.26. The molecule has 61 heavy (non-hydrogen) atoms. The third-order valence-corrected chi connectivity index (χ3v) is 10.1. The number of methoxy groups -OCH3 is 9. The quantitative estimate of drug-likeness (QED) is 0.0952. The molecule has 1 N–H and O–H groups in total. The van der Waals surface area contributed by atoms with Gasteiger partial charge in [0.1, 0.15) is 18.1 Å². The van der Waals surface area contributed by atoms with Gasteiger partial charge in [0.05, 0.1) is 64.0 Å². The standard InChI is InChI=1S/C45H50N2O14/c1-52-32-14-10-26(22-35(32)55-4)18-19-47(45(51)60-9)43(49)40-30-20-27(24-38(58-7)42(30)61-41(40)29-13-16-34(54-3)37(25-29)57-6)12-17-39(48)46-31(44(50)59-8)21-28-11-15-33(53-2)36(23-28)56-5/h10-17,20,22-25,31,40-41H,18-19,21H2,1-9H3,(H,46,48)/b17-12+. The van der Waals surface area contributed by atoms with Crippen LogP contribution in [0.3, 0.4) is 0 Å². The average Bonchev–Trinajstić information content (AvgIpc) is 3.68. The van der Waals surface area contributed by atoms with E-state index < -0.39 is 41.9 Å². The molecule has 1 aliphatic rings. The zero-order valence-electron chi connectivity index (χ0n) is 35.5. The van der Waals surface area contributed by atoms with E-state index in [4.69, 9.17) is 47.4 Å². The predicted octanol–water partition coefficient (Wildman–Crippen LogP) is 5.72. The number of esters is 1. The third-order valence-electron chi connectivity index (χ3n) is 10.1. The maximum absolute atomic E-state index is 14.9. The molecule has 3 atom stereocenters. The lowest BCUT2D eigenvalue weighted by Crippen LogP contribution is -2.42. The van der Waals surface area contributed by atoms with Crippen molar-refractivity contribution >= 4 is 30.0 Å². The molecule has 324 valence electrons. The van der Waals surface area contributed by atoms with Crippen LogP contribution in [0.25, 0.3) is 6.08 Å². The van der Waals surface area contributed by atoms with Gasteiger partial charge in [-0.25, -0.2) is 14.5 Å². The van der Waals surface area contributed by atoms with E-state index in [0.717, 1.165) is 10.5 Å². The summed E-state index contributed by atoms with van der Waals surface area (Å²) >= 11 is 0. The Kier molecular flexibility index (Phi) is 15.3. The molecule has 0 spiro atoms. The van der Waals surface area contributed by atoms with E-state index >= 15 is 0 Å². The number of rotatable bonds is 18. The van der Waals surface area contributed by atoms with Crippen LogP contribution in [-0.4, -0.2) is 105 Å². The Balaban J connectivity index is 1.51. The maximum atomic E-state index is 14.9. The van der Waals surface area contributed by atoms with Gasteiger partial charge >= 0.3 is 12.1 Å². The highest BCUT2D eigenvalue weighted by Crippen LogP contribution is 2.52. The van der Waals surface area contributed by atoms with Gasteiger partial charge in [0.25, 0.3) is 0 Å². The molecule has 0 bridgehead atoms. The van der Waals surface area contributed by atoms with Crippen molar-refractivity contribution in [3.05, 3.63) is 101 Å². The number of benzene rings is 4. The summed E-state index contributed by atoms with van der Waals surface area (Å²) in [6.45, 7) is -0.0625. The molecule has 3 amide bonds. The number of hydrogen-bond acceptors (Lipinski definition) is 14. The summed E-state index contributed by atoms with van der Waals surface area (Å²) in [5, 5.41) is 2.71. The fourth-order valence-corrected chi connectivity index (χ4v) is 6.98. The normalized spacial score (nSPS) is 14.4. The van der Waals surface area contributed by atoms with Crippen LogP contribution in [0, 0.1) is 0 Å². The van der Waals surface area contributed by atoms with Crippen molar-refractivity contribution in [2.45, 2.75) is 30.9 Å². The Labute approximate surface area is 354 Å². The van der Waals surface area contributed by atoms with E-state index in [9.17, 15) is 19.2 Å². The molecule has 0 radical (unpaired) electrons. The van der Waals surface area contributed by atoms with Crippen molar-refractivity contribution in [1.29, 1.82) is 0 Å². The molecule has 16 nitrogen and oxygen atoms in total. The number of hydrogen-bond donors (Lipinski definition) is 1. The van der Waals surface area contributed by atoms with Crippen LogP contribution in [0.5, 0.6) is 46.0 Å². The maximum Gasteiger partial charge on any atom is 0.416 e. The van der Waals surface area contributed by atoms with Gasteiger partial charge < -0.3 is 52.7 Å². The second kappa shape index (κ2) is 20.7. The Morgan fingerprint density at radius 2 is 1.21 bits per heavy atom. The molecule has 4 aromatic rings. The van der Waals surface area contributed by atoms with Crippen LogP contribution in [-0.2, 0) is 36.7 Å². The highest BCUT2D eigenvalue weighted by Gasteiger charge is 2.46. The van der Waals surface area contributed by atoms with E-state index in [1.165, 1.54) is 76.1 Å². The fraction of sp³-hybridized carbons (Fsp3) is 0.333. The molecule has 1 heterocycles. The van der Waals surface area contributed by atoms with Crippen molar-refractivity contribution in [1.82, 2.24) is 10.2 Å². The molecular weight excluding hydrogens is 792 g/mol. The molecule has 0 aromatic heterocycles. The van der Waals surface area contributed by atoms with Gasteiger partial charge in [0, 0.05) is 24.6 Å². The summed E-state index contributed by atoms with van der Waals surface area (Å²) in [5.74, 6) is 0.340. The zero-order chi connectivity index (χ0) is 44.2. The van der Waals surface area contributed by atoms with Gasteiger partial charge in [-0.1, -0.05) is 18.2 Å². The molecule has 1 aliphatic heterocycles. The molecule has 16 heteroatoms. The highest BCUT2D eigenvalue weighted by molar-refractivity contribution is 5.98. The van der Waals surface area contributed by atoms with Gasteiger partial charge in [-0.15, -0.1) is 0 Å². The second-order valence-electron chi connectivity index (χ2n) is 13.5. The van der Waals surface area contributed by atoms with Gasteiger partial charge in [0.2, 0.25) is 11.8 Å². The van der Waals surface area contributed by atoms with Crippen molar-refractivity contribution in [3.8, 4) is 46.0 Å². The number of carbonyl (C=O) groups excluding carboxylic acids is 4. The van der Waals surface area contributed by atoms with Gasteiger partial charge in [-0.05, 0) is 83.3 Å². The van der Waals surface area contributed by atoms with Crippen molar-refractivity contribution in [2.24, 2.45) is 0 Å². The average molecular weight is 843 g/mol. The molecule has 0 saturated heterocycles. The topological polar surface area (TPSA) is 176 Å². The SMILES string of the molecule is COC(=O)C(Cc1ccc(OC)c(OC)c1)NC(=O)/C=C/c1cc(OC)c2c(c1)C(C(=O)N(CCc1ccc(OC)c(OC)c1)C(=O)OC)C(c1ccc(OC)c(OC)c1)O2. The van der Waals surface area contributed by atoms with Gasteiger partial charge in [-0.3, -0.25) is 9.59 Å². The number of nitrogens with zero attached hydrogens (tertiary/aromatic N) is 1. The number of ether oxygens (including phenoxy) is 10. The molecule has 0 saturated carbocycles. The lowest BCUT2D eigenvalue weighted by atomic mass is 9.88. The van der Waals surface area contributed by atoms with Crippen molar-refractivity contribution in [2.75, 3.05) is 70.5 Å². The summed E-state index contributed by atoms with van der Waals surface area (Å²) in [4.78, 5) is 55.5. The molecule has 3 unspecified atom stereocenters. The van der Waals surface area contributed by atoms with Crippen LogP contribution in [0.15, 0.2) is 72.8 Å². The van der Waals surface area contributed by atoms with Gasteiger partial charge in [-0.2, -0.15) is 0 Å². The van der Waals surface area contributed by atoms with Crippen LogP contribution < -0.4 is 43.2 Å². The minimum atomic E-state index is -1.13. The third kappa shape index (κ3) is 10.2. The predicted molar refractivity (Wildman–Crippen MR) is 222 cm³/mol. The van der Waals surface area contributed by atoms with Crippen molar-refractivity contribution < 1.29 is 66.5 Å². The number of fused-ring (bicyclic) bond motifs is 1. The largest absolute Gasteiger partial charge is 0.493 e. The molecule has 4 aromatic carbocycles. The Morgan fingerprint density at radius 3 is 1.79 bits per heavy atom. The first-order valence-corrected chi connectivity index (χ1v) is 19.0. The lowest BCUT2D eigenvalue weighted by molar-refractivity contribution is -0.144. The van der Waals surface area contributed by atoms with Crippen LogP contribution in [0.4, 0.5) is 4.79 Å². The van der Waals surface area contributed by atoms with E-state index in [-0.39, 0.29) is 30.9 Å². The summed E-state index contributed by atoms with van der Waals surface area (Å²) in [5.41, 5.74) is 2.82. The number of carbonyl (C=O) groups is 4. The fourth-order valence-electron chi connectivity index (χ4n) is 6.98. The van der Waals surface area contributed by atoms with Crippen LogP contribution >= 0.6 is 0 Å². The van der Waals surface area contributed by atoms with E-state index in [0.29, 0.717) is 56.8 Å². The molecular formula is C45H50N2O14. The Morgan fingerprint density at radius 1 is 0.656 bits per heavy atom. The number of amides is 3. The minimum Gasteiger partial charge on any atom is -0.493 e. The van der Waals surface area contributed by atoms with Crippen LogP contribution in [0.2, 0.25) is 0 Å². The minimum absolute atomic E-state index is 0.0625. The summed E-state index contributed by atoms with van der Waals surface area (Å²) in [7, 11) is 12.9. The number of nitrogens with one attached hydrogen (secondary N) is 1. The Bertz CT molecular complexity index is 2260. The van der Waals surface area contributed by atoms with E-state index in [2.05, 4.69) is 5.32 Å². The first kappa shape index (κ1) is 45.0. The zero-order valence-corrected chi connectivity index (χ0v) is 35.5. The second-order valence-corrected chi connectivity index (χ2v) is 13.5. The number of imide groups is 1. The summed E-state index contributed by atoms with van der Waals surface area (Å²) < 4.78 is 55.0. The first-order chi connectivity index (χ1) is 29.5. The Hall–Kier alpha value is -7.10. The monoisotopic (exact) mass is 842 g/mol. The van der Waals surface area contributed by atoms with Gasteiger partial charge in [0.15, 0.2) is 46.0 Å². The summed E-state index contributed by atoms with van der Waals surface area (Å²) in [6.07, 6.45) is 1.24. The van der Waals surface area contributed by atoms with E-state index in [1.54, 1.807) is 60.7 Å².